The van der Waals surface area contributed by atoms with Crippen LogP contribution in [0.4, 0.5) is 10.3 Å². The Kier molecular flexibility index (Phi) is 8.86. The Labute approximate surface area is 233 Å². The number of benzene rings is 1. The topological polar surface area (TPSA) is 181 Å². The molecule has 218 valence electrons. The fraction of sp³-hybridized carbons (Fsp3) is 0.500. The summed E-state index contributed by atoms with van der Waals surface area (Å²) in [6.07, 6.45) is -3.97. The number of anilines is 1. The predicted octanol–water partition coefficient (Wildman–Crippen LogP) is 2.78. The van der Waals surface area contributed by atoms with Gasteiger partial charge >= 0.3 is 13.6 Å². The summed E-state index contributed by atoms with van der Waals surface area (Å²) in [4.78, 5) is 32.9. The van der Waals surface area contributed by atoms with Crippen molar-refractivity contribution < 1.29 is 37.4 Å². The Morgan fingerprint density at radius 1 is 1.35 bits per heavy atom. The van der Waals surface area contributed by atoms with E-state index in [4.69, 9.17) is 35.9 Å². The Morgan fingerprint density at radius 3 is 2.70 bits per heavy atom. The van der Waals surface area contributed by atoms with Crippen LogP contribution >= 0.6 is 19.2 Å². The number of esters is 1. The number of aliphatic hydroxyl groups is 1. The third kappa shape index (κ3) is 6.16. The Hall–Kier alpha value is -3.03. The lowest BCUT2D eigenvalue weighted by molar-refractivity contribution is -0.151. The Morgan fingerprint density at radius 2 is 2.05 bits per heavy atom. The number of rotatable bonds is 11. The van der Waals surface area contributed by atoms with Gasteiger partial charge in [-0.05, 0) is 26.0 Å². The van der Waals surface area contributed by atoms with Crippen molar-refractivity contribution >= 4 is 42.3 Å². The zero-order chi connectivity index (χ0) is 29.2. The second kappa shape index (κ2) is 11.8. The average Bonchev–Trinajstić information content (AvgIpc) is 3.42. The molecule has 0 spiro atoms. The number of ether oxygens (including phenoxy) is 2. The van der Waals surface area contributed by atoms with Gasteiger partial charge in [-0.3, -0.25) is 23.7 Å². The number of fused-ring (bicyclic) bond motifs is 1. The molecule has 40 heavy (non-hydrogen) atoms. The highest BCUT2D eigenvalue weighted by Crippen LogP contribution is 2.52. The summed E-state index contributed by atoms with van der Waals surface area (Å²) in [6, 6.07) is 8.17. The van der Waals surface area contributed by atoms with Crippen LogP contribution in [0, 0.1) is 5.92 Å². The molecule has 0 aliphatic carbocycles. The summed E-state index contributed by atoms with van der Waals surface area (Å²) >= 11 is 6.53. The second-order valence-corrected chi connectivity index (χ2v) is 12.4. The molecule has 1 fully saturated rings. The van der Waals surface area contributed by atoms with Crippen molar-refractivity contribution in [2.75, 3.05) is 25.2 Å². The van der Waals surface area contributed by atoms with Gasteiger partial charge in [-0.2, -0.15) is 4.98 Å². The molecule has 16 heteroatoms. The molecule has 2 aromatic heterocycles. The largest absolute Gasteiger partial charge is 0.463 e. The number of hydrogen-bond donors (Lipinski definition) is 3. The first-order valence-corrected chi connectivity index (χ1v) is 14.5. The van der Waals surface area contributed by atoms with Gasteiger partial charge in [-0.15, -0.1) is 11.6 Å². The maximum Gasteiger partial charge on any atom is 0.380 e. The molecule has 1 aliphatic heterocycles. The van der Waals surface area contributed by atoms with E-state index < -0.39 is 61.6 Å². The molecular formula is C24H30ClFN5O8P. The standard InChI is InChI=1S/C24H30ClFN5O8P/c1-13(2)37-21(34)14(3)10-40(35,39-15-7-5-4-6-8-15)36-9-16-18(32)24(25,11-26)22(38-16)31-12-28-17-19(31)29-23(27)30-20(17)33/h4-8,12-14,16,18,22,32H,9-11H2,1-3H3,(H3,27,29,30,33)/t14-,16-,18+,22-,24?,40?/m1/s1. The molecule has 0 saturated carbocycles. The average molecular weight is 602 g/mol. The molecule has 1 aliphatic rings. The number of nitrogens with zero attached hydrogens (tertiary/aromatic N) is 3. The van der Waals surface area contributed by atoms with E-state index in [-0.39, 0.29) is 35.1 Å². The number of H-pyrrole nitrogens is 1. The molecule has 0 bridgehead atoms. The fourth-order valence-corrected chi connectivity index (χ4v) is 6.37. The number of aromatic nitrogens is 4. The highest BCUT2D eigenvalue weighted by molar-refractivity contribution is 7.54. The van der Waals surface area contributed by atoms with Crippen LogP contribution in [0.2, 0.25) is 0 Å². The van der Waals surface area contributed by atoms with Gasteiger partial charge in [0.25, 0.3) is 5.56 Å². The fourth-order valence-electron chi connectivity index (χ4n) is 4.20. The number of hydrogen-bond acceptors (Lipinski definition) is 11. The van der Waals surface area contributed by atoms with Crippen LogP contribution in [0.15, 0.2) is 41.5 Å². The number of nitrogens with one attached hydrogen (secondary N) is 1. The number of imidazole rings is 1. The van der Waals surface area contributed by atoms with E-state index in [1.165, 1.54) is 11.5 Å². The monoisotopic (exact) mass is 601 g/mol. The molecule has 13 nitrogen and oxygen atoms in total. The smallest absolute Gasteiger partial charge is 0.380 e. The minimum Gasteiger partial charge on any atom is -0.463 e. The van der Waals surface area contributed by atoms with Gasteiger partial charge in [0.2, 0.25) is 5.95 Å². The van der Waals surface area contributed by atoms with Gasteiger partial charge in [0.05, 0.1) is 31.1 Å². The minimum absolute atomic E-state index is 0.0472. The van der Waals surface area contributed by atoms with E-state index in [0.717, 1.165) is 6.33 Å². The van der Waals surface area contributed by atoms with Crippen molar-refractivity contribution in [2.24, 2.45) is 5.92 Å². The first kappa shape index (κ1) is 29.9. The molecule has 0 amide bonds. The molecule has 1 aromatic carbocycles. The molecule has 1 saturated heterocycles. The van der Waals surface area contributed by atoms with Gasteiger partial charge in [-0.25, -0.2) is 13.9 Å². The molecule has 3 heterocycles. The van der Waals surface area contributed by atoms with E-state index in [1.54, 1.807) is 44.2 Å². The van der Waals surface area contributed by atoms with Crippen LogP contribution in [-0.2, 0) is 23.4 Å². The number of nitrogen functional groups attached to an aromatic ring is 1. The van der Waals surface area contributed by atoms with Crippen LogP contribution in [0.3, 0.4) is 0 Å². The maximum absolute atomic E-state index is 14.3. The first-order chi connectivity index (χ1) is 18.9. The highest BCUT2D eigenvalue weighted by atomic mass is 35.5. The summed E-state index contributed by atoms with van der Waals surface area (Å²) < 4.78 is 51.9. The number of carbonyl (C=O) groups excluding carboxylic acids is 1. The van der Waals surface area contributed by atoms with E-state index in [1.807, 2.05) is 0 Å². The lowest BCUT2D eigenvalue weighted by Crippen LogP contribution is -2.44. The van der Waals surface area contributed by atoms with Gasteiger partial charge in [0.15, 0.2) is 17.4 Å². The molecule has 2 unspecified atom stereocenters. The summed E-state index contributed by atoms with van der Waals surface area (Å²) in [5, 5.41) is 11.0. The normalized spacial score (nSPS) is 25.1. The van der Waals surface area contributed by atoms with Gasteiger partial charge in [0, 0.05) is 0 Å². The first-order valence-electron chi connectivity index (χ1n) is 12.4. The van der Waals surface area contributed by atoms with E-state index >= 15 is 0 Å². The number of aliphatic hydroxyl groups excluding tert-OH is 1. The van der Waals surface area contributed by atoms with Crippen molar-refractivity contribution in [1.82, 2.24) is 19.5 Å². The number of aromatic amines is 1. The zero-order valence-corrected chi connectivity index (χ0v) is 23.5. The minimum atomic E-state index is -4.08. The van der Waals surface area contributed by atoms with Crippen molar-refractivity contribution in [1.29, 1.82) is 0 Å². The van der Waals surface area contributed by atoms with Crippen LogP contribution in [0.25, 0.3) is 11.2 Å². The van der Waals surface area contributed by atoms with Crippen molar-refractivity contribution in [3.05, 3.63) is 47.0 Å². The van der Waals surface area contributed by atoms with Crippen molar-refractivity contribution in [3.63, 3.8) is 0 Å². The van der Waals surface area contributed by atoms with Crippen LogP contribution in [-0.4, -0.2) is 73.2 Å². The molecule has 0 radical (unpaired) electrons. The number of halogens is 2. The number of nitrogens with two attached hydrogens (primary N) is 1. The molecule has 6 atom stereocenters. The highest BCUT2D eigenvalue weighted by Gasteiger charge is 2.57. The number of para-hydroxylation sites is 1. The third-order valence-corrected chi connectivity index (χ3v) is 8.68. The summed E-state index contributed by atoms with van der Waals surface area (Å²) in [5.41, 5.74) is 4.86. The second-order valence-electron chi connectivity index (χ2n) is 9.69. The van der Waals surface area contributed by atoms with E-state index in [9.17, 15) is 23.7 Å². The number of alkyl halides is 2. The predicted molar refractivity (Wildman–Crippen MR) is 143 cm³/mol. The van der Waals surface area contributed by atoms with Crippen molar-refractivity contribution in [2.45, 2.75) is 50.2 Å². The maximum atomic E-state index is 14.3. The van der Waals surface area contributed by atoms with Gasteiger partial charge < -0.3 is 24.8 Å². The molecule has 4 rings (SSSR count). The van der Waals surface area contributed by atoms with Crippen LogP contribution in [0.5, 0.6) is 5.75 Å². The molecular weight excluding hydrogens is 572 g/mol. The van der Waals surface area contributed by atoms with Crippen molar-refractivity contribution in [3.8, 4) is 5.75 Å². The Bertz CT molecular complexity index is 1460. The molecule has 4 N–H and O–H groups in total. The summed E-state index contributed by atoms with van der Waals surface area (Å²) in [6.45, 7) is 3.08. The Balaban J connectivity index is 1.58. The summed E-state index contributed by atoms with van der Waals surface area (Å²) in [7, 11) is -4.08. The summed E-state index contributed by atoms with van der Waals surface area (Å²) in [5.74, 6) is -1.47. The molecule has 3 aromatic rings. The quantitative estimate of drug-likeness (QED) is 0.167. The zero-order valence-electron chi connectivity index (χ0n) is 21.9. The van der Waals surface area contributed by atoms with E-state index in [2.05, 4.69) is 15.0 Å². The van der Waals surface area contributed by atoms with Crippen LogP contribution < -0.4 is 15.8 Å². The third-order valence-electron chi connectivity index (χ3n) is 6.14. The number of carbonyl (C=O) groups is 1. The lowest BCUT2D eigenvalue weighted by atomic mass is 10.0. The van der Waals surface area contributed by atoms with Gasteiger partial charge in [-0.1, -0.05) is 25.1 Å². The lowest BCUT2D eigenvalue weighted by Gasteiger charge is -2.27. The van der Waals surface area contributed by atoms with Crippen LogP contribution in [0.1, 0.15) is 27.0 Å². The van der Waals surface area contributed by atoms with Gasteiger partial charge in [0.1, 0.15) is 29.5 Å². The SMILES string of the molecule is CC(C)OC(=O)[C@H](C)CP(=O)(OC[C@H]1O[C@@H](n2cnc3c(=O)[nH]c(N)nc32)C(Cl)(CF)[C@H]1O)Oc1ccccc1. The van der Waals surface area contributed by atoms with E-state index in [0.29, 0.717) is 0 Å².